The van der Waals surface area contributed by atoms with Crippen LogP contribution < -0.4 is 10.1 Å². The van der Waals surface area contributed by atoms with Gasteiger partial charge in [-0.2, -0.15) is 0 Å². The molecule has 1 aromatic rings. The number of methoxy groups -OCH3 is 1. The highest BCUT2D eigenvalue weighted by atomic mass is 16.6. The maximum absolute atomic E-state index is 11.7. The Morgan fingerprint density at radius 3 is 2.62 bits per heavy atom. The molecule has 0 spiro atoms. The lowest BCUT2D eigenvalue weighted by Crippen LogP contribution is -2.44. The summed E-state index contributed by atoms with van der Waals surface area (Å²) in [4.78, 5) is 26.9. The highest BCUT2D eigenvalue weighted by molar-refractivity contribution is 5.80. The molecule has 7 nitrogen and oxygen atoms in total. The van der Waals surface area contributed by atoms with Crippen LogP contribution in [-0.2, 0) is 16.0 Å². The third-order valence-electron chi connectivity index (χ3n) is 2.49. The molecule has 1 aromatic heterocycles. The number of carboxylic acids is 1. The predicted molar refractivity (Wildman–Crippen MR) is 75.3 cm³/mol. The third-order valence-corrected chi connectivity index (χ3v) is 2.49. The van der Waals surface area contributed by atoms with Gasteiger partial charge in [-0.15, -0.1) is 0 Å². The van der Waals surface area contributed by atoms with E-state index in [-0.39, 0.29) is 6.42 Å². The van der Waals surface area contributed by atoms with Crippen molar-refractivity contribution in [2.24, 2.45) is 0 Å². The standard InChI is InChI=1S/C14H20N2O5/c1-14(2,3)21-13(19)16-10(12(17)18)7-9-8-15-6-5-11(9)20-4/h5-6,8,10H,7H2,1-4H3,(H,16,19)(H,17,18)/t10-/m0/s1. The van der Waals surface area contributed by atoms with Crippen LogP contribution in [0.4, 0.5) is 4.79 Å². The highest BCUT2D eigenvalue weighted by Gasteiger charge is 2.25. The molecule has 1 atom stereocenters. The van der Waals surface area contributed by atoms with Crippen LogP contribution in [0.1, 0.15) is 26.3 Å². The summed E-state index contributed by atoms with van der Waals surface area (Å²) in [5.41, 5.74) is -0.109. The normalized spacial score (nSPS) is 12.4. The molecule has 0 bridgehead atoms. The Morgan fingerprint density at radius 2 is 2.10 bits per heavy atom. The fourth-order valence-electron chi connectivity index (χ4n) is 1.64. The summed E-state index contributed by atoms with van der Waals surface area (Å²) in [6, 6.07) is 0.500. The van der Waals surface area contributed by atoms with E-state index in [1.54, 1.807) is 33.0 Å². The topological polar surface area (TPSA) is 97.8 Å². The van der Waals surface area contributed by atoms with Crippen LogP contribution in [0.5, 0.6) is 5.75 Å². The molecular weight excluding hydrogens is 276 g/mol. The molecule has 7 heteroatoms. The van der Waals surface area contributed by atoms with Crippen LogP contribution in [0.25, 0.3) is 0 Å². The minimum Gasteiger partial charge on any atom is -0.496 e. The van der Waals surface area contributed by atoms with Crippen molar-refractivity contribution in [1.29, 1.82) is 0 Å². The van der Waals surface area contributed by atoms with Crippen LogP contribution in [0.15, 0.2) is 18.5 Å². The minimum atomic E-state index is -1.16. The molecule has 2 N–H and O–H groups in total. The zero-order valence-electron chi connectivity index (χ0n) is 12.5. The number of ether oxygens (including phenoxy) is 2. The molecule has 116 valence electrons. The van der Waals surface area contributed by atoms with Gasteiger partial charge in [0.25, 0.3) is 0 Å². The number of rotatable bonds is 5. The summed E-state index contributed by atoms with van der Waals surface area (Å²) >= 11 is 0. The molecule has 0 unspecified atom stereocenters. The third kappa shape index (κ3) is 5.68. The van der Waals surface area contributed by atoms with Gasteiger partial charge in [-0.1, -0.05) is 0 Å². The van der Waals surface area contributed by atoms with Crippen molar-refractivity contribution in [3.63, 3.8) is 0 Å². The summed E-state index contributed by atoms with van der Waals surface area (Å²) in [7, 11) is 1.48. The molecule has 0 saturated carbocycles. The van der Waals surface area contributed by atoms with Gasteiger partial charge < -0.3 is 19.9 Å². The Balaban J connectivity index is 2.79. The average Bonchev–Trinajstić information content (AvgIpc) is 2.36. The Morgan fingerprint density at radius 1 is 1.43 bits per heavy atom. The largest absolute Gasteiger partial charge is 0.496 e. The smallest absolute Gasteiger partial charge is 0.408 e. The van der Waals surface area contributed by atoms with Crippen molar-refractivity contribution in [2.75, 3.05) is 7.11 Å². The van der Waals surface area contributed by atoms with E-state index >= 15 is 0 Å². The number of hydrogen-bond acceptors (Lipinski definition) is 5. The van der Waals surface area contributed by atoms with Gasteiger partial charge in [0.05, 0.1) is 7.11 Å². The summed E-state index contributed by atoms with van der Waals surface area (Å²) < 4.78 is 10.2. The van der Waals surface area contributed by atoms with Crippen LogP contribution in [0.2, 0.25) is 0 Å². The highest BCUT2D eigenvalue weighted by Crippen LogP contribution is 2.18. The summed E-state index contributed by atoms with van der Waals surface area (Å²) in [5, 5.41) is 11.5. The second-order valence-corrected chi connectivity index (χ2v) is 5.43. The van der Waals surface area contributed by atoms with Gasteiger partial charge in [0, 0.05) is 24.4 Å². The first-order valence-electron chi connectivity index (χ1n) is 6.42. The van der Waals surface area contributed by atoms with Crippen LogP contribution in [-0.4, -0.2) is 40.9 Å². The quantitative estimate of drug-likeness (QED) is 0.856. The van der Waals surface area contributed by atoms with E-state index in [9.17, 15) is 14.7 Å². The van der Waals surface area contributed by atoms with Crippen molar-refractivity contribution in [3.05, 3.63) is 24.0 Å². The molecule has 0 saturated heterocycles. The van der Waals surface area contributed by atoms with E-state index in [2.05, 4.69) is 10.3 Å². The van der Waals surface area contributed by atoms with E-state index < -0.39 is 23.7 Å². The van der Waals surface area contributed by atoms with Gasteiger partial charge in [0.1, 0.15) is 17.4 Å². The van der Waals surface area contributed by atoms with Crippen molar-refractivity contribution < 1.29 is 24.2 Å². The van der Waals surface area contributed by atoms with Crippen molar-refractivity contribution in [2.45, 2.75) is 38.8 Å². The SMILES string of the molecule is COc1ccncc1C[C@H](NC(=O)OC(C)(C)C)C(=O)O. The van der Waals surface area contributed by atoms with E-state index in [1.165, 1.54) is 13.3 Å². The first-order chi connectivity index (χ1) is 9.73. The van der Waals surface area contributed by atoms with E-state index in [1.807, 2.05) is 0 Å². The number of hydrogen-bond donors (Lipinski definition) is 2. The van der Waals surface area contributed by atoms with E-state index in [4.69, 9.17) is 9.47 Å². The summed E-state index contributed by atoms with van der Waals surface area (Å²) in [6.45, 7) is 5.10. The number of pyridine rings is 1. The molecule has 1 rings (SSSR count). The molecule has 1 amide bonds. The van der Waals surface area contributed by atoms with Crippen LogP contribution >= 0.6 is 0 Å². The first-order valence-corrected chi connectivity index (χ1v) is 6.42. The zero-order chi connectivity index (χ0) is 16.0. The number of aromatic nitrogens is 1. The summed E-state index contributed by atoms with van der Waals surface area (Å²) in [5.74, 6) is -0.644. The average molecular weight is 296 g/mol. The fourth-order valence-corrected chi connectivity index (χ4v) is 1.64. The van der Waals surface area contributed by atoms with Gasteiger partial charge in [0.2, 0.25) is 0 Å². The molecule has 0 fully saturated rings. The molecule has 21 heavy (non-hydrogen) atoms. The second-order valence-electron chi connectivity index (χ2n) is 5.43. The Bertz CT molecular complexity index is 510. The monoisotopic (exact) mass is 296 g/mol. The van der Waals surface area contributed by atoms with Crippen LogP contribution in [0.3, 0.4) is 0 Å². The Hall–Kier alpha value is -2.31. The molecular formula is C14H20N2O5. The lowest BCUT2D eigenvalue weighted by molar-refractivity contribution is -0.139. The number of amides is 1. The van der Waals surface area contributed by atoms with Gasteiger partial charge in [-0.05, 0) is 26.8 Å². The van der Waals surface area contributed by atoms with Crippen molar-refractivity contribution in [1.82, 2.24) is 10.3 Å². The van der Waals surface area contributed by atoms with Gasteiger partial charge >= 0.3 is 12.1 Å². The molecule has 0 aliphatic carbocycles. The van der Waals surface area contributed by atoms with Crippen molar-refractivity contribution in [3.8, 4) is 5.75 Å². The number of alkyl carbamates (subject to hydrolysis) is 1. The molecule has 0 aliphatic rings. The second kappa shape index (κ2) is 6.92. The minimum absolute atomic E-state index is 0.0472. The maximum atomic E-state index is 11.7. The number of aliphatic carboxylic acids is 1. The van der Waals surface area contributed by atoms with Gasteiger partial charge in [-0.3, -0.25) is 4.98 Å². The fraction of sp³-hybridized carbons (Fsp3) is 0.500. The van der Waals surface area contributed by atoms with E-state index in [0.29, 0.717) is 11.3 Å². The predicted octanol–water partition coefficient (Wildman–Crippen LogP) is 1.61. The number of carboxylic acid groups (broad SMARTS) is 1. The number of nitrogens with zero attached hydrogens (tertiary/aromatic N) is 1. The zero-order valence-corrected chi connectivity index (χ0v) is 12.5. The Kier molecular flexibility index (Phi) is 5.52. The number of carbonyl (C=O) groups excluding carboxylic acids is 1. The molecule has 0 aliphatic heterocycles. The molecule has 1 heterocycles. The van der Waals surface area contributed by atoms with E-state index in [0.717, 1.165) is 0 Å². The van der Waals surface area contributed by atoms with Crippen LogP contribution in [0, 0.1) is 0 Å². The van der Waals surface area contributed by atoms with Crippen molar-refractivity contribution >= 4 is 12.1 Å². The van der Waals surface area contributed by atoms with Gasteiger partial charge in [-0.25, -0.2) is 9.59 Å². The Labute approximate surface area is 123 Å². The molecule has 0 aromatic carbocycles. The first kappa shape index (κ1) is 16.7. The lowest BCUT2D eigenvalue weighted by Gasteiger charge is -2.22. The molecule has 0 radical (unpaired) electrons. The number of nitrogens with one attached hydrogen (secondary N) is 1. The lowest BCUT2D eigenvalue weighted by atomic mass is 10.1. The maximum Gasteiger partial charge on any atom is 0.408 e. The van der Waals surface area contributed by atoms with Gasteiger partial charge in [0.15, 0.2) is 0 Å². The number of carbonyl (C=O) groups is 2. The summed E-state index contributed by atoms with van der Waals surface area (Å²) in [6.07, 6.45) is 2.31.